The summed E-state index contributed by atoms with van der Waals surface area (Å²) >= 11 is 0. The van der Waals surface area contributed by atoms with Gasteiger partial charge < -0.3 is 9.47 Å². The lowest BCUT2D eigenvalue weighted by Gasteiger charge is -2.36. The van der Waals surface area contributed by atoms with Gasteiger partial charge in [0.2, 0.25) is 0 Å². The van der Waals surface area contributed by atoms with E-state index in [0.717, 1.165) is 25.7 Å². The maximum Gasteiger partial charge on any atom is 0.331 e. The number of hydrogen-bond acceptors (Lipinski definition) is 4. The van der Waals surface area contributed by atoms with E-state index in [2.05, 4.69) is 41.5 Å². The van der Waals surface area contributed by atoms with E-state index in [0.29, 0.717) is 35.5 Å². The quantitative estimate of drug-likeness (QED) is 0.439. The first-order valence-corrected chi connectivity index (χ1v) is 11.3. The second-order valence-corrected chi connectivity index (χ2v) is 9.94. The summed E-state index contributed by atoms with van der Waals surface area (Å²) < 4.78 is 11.4. The summed E-state index contributed by atoms with van der Waals surface area (Å²) in [6.07, 6.45) is 8.77. The highest BCUT2D eigenvalue weighted by Gasteiger charge is 2.34. The van der Waals surface area contributed by atoms with Crippen molar-refractivity contribution >= 4 is 11.9 Å². The van der Waals surface area contributed by atoms with Gasteiger partial charge in [0.25, 0.3) is 0 Å². The molecule has 160 valence electrons. The summed E-state index contributed by atoms with van der Waals surface area (Å²) in [6, 6.07) is 0. The van der Waals surface area contributed by atoms with Crippen LogP contribution >= 0.6 is 0 Å². The maximum absolute atomic E-state index is 12.3. The van der Waals surface area contributed by atoms with Gasteiger partial charge >= 0.3 is 11.9 Å². The van der Waals surface area contributed by atoms with Crippen molar-refractivity contribution < 1.29 is 19.1 Å². The molecule has 0 spiro atoms. The van der Waals surface area contributed by atoms with Gasteiger partial charge in [0.1, 0.15) is 12.2 Å². The highest BCUT2D eigenvalue weighted by Crippen LogP contribution is 2.36. The molecule has 4 heteroatoms. The monoisotopic (exact) mass is 392 g/mol. The smallest absolute Gasteiger partial charge is 0.331 e. The van der Waals surface area contributed by atoms with Gasteiger partial charge in [-0.3, -0.25) is 0 Å². The van der Waals surface area contributed by atoms with Gasteiger partial charge in [0.05, 0.1) is 0 Å². The van der Waals surface area contributed by atoms with Gasteiger partial charge in [-0.15, -0.1) is 0 Å². The van der Waals surface area contributed by atoms with Crippen molar-refractivity contribution in [2.45, 2.75) is 92.3 Å². The van der Waals surface area contributed by atoms with E-state index in [9.17, 15) is 9.59 Å². The molecular weight excluding hydrogens is 352 g/mol. The molecule has 0 amide bonds. The minimum atomic E-state index is -0.431. The van der Waals surface area contributed by atoms with Crippen molar-refractivity contribution in [1.82, 2.24) is 0 Å². The third-order valence-electron chi connectivity index (χ3n) is 6.81. The molecule has 0 aliphatic heterocycles. The van der Waals surface area contributed by atoms with Crippen molar-refractivity contribution in [2.75, 3.05) is 0 Å². The molecule has 2 aliphatic carbocycles. The third-order valence-corrected chi connectivity index (χ3v) is 6.81. The summed E-state index contributed by atoms with van der Waals surface area (Å²) in [7, 11) is 0. The van der Waals surface area contributed by atoms with Crippen LogP contribution in [0.2, 0.25) is 0 Å². The lowest BCUT2D eigenvalue weighted by atomic mass is 9.75. The Bertz CT molecular complexity index is 503. The summed E-state index contributed by atoms with van der Waals surface area (Å²) in [4.78, 5) is 24.6. The Balaban J connectivity index is 1.89. The predicted molar refractivity (Wildman–Crippen MR) is 112 cm³/mol. The molecule has 4 nitrogen and oxygen atoms in total. The van der Waals surface area contributed by atoms with Crippen molar-refractivity contribution in [3.63, 3.8) is 0 Å². The van der Waals surface area contributed by atoms with E-state index in [4.69, 9.17) is 9.47 Å². The maximum atomic E-state index is 12.3. The molecule has 0 aromatic carbocycles. The van der Waals surface area contributed by atoms with Gasteiger partial charge in [-0.05, 0) is 61.2 Å². The molecular formula is C24H40O4. The molecule has 0 heterocycles. The van der Waals surface area contributed by atoms with E-state index >= 15 is 0 Å². The van der Waals surface area contributed by atoms with Crippen LogP contribution in [0.25, 0.3) is 0 Å². The van der Waals surface area contributed by atoms with Crippen molar-refractivity contribution in [3.05, 3.63) is 12.2 Å². The van der Waals surface area contributed by atoms with E-state index < -0.39 is 11.9 Å². The Morgan fingerprint density at radius 2 is 1.07 bits per heavy atom. The van der Waals surface area contributed by atoms with Crippen LogP contribution in [0, 0.1) is 35.5 Å². The number of carbonyl (C=O) groups excluding carboxylic acids is 2. The summed E-state index contributed by atoms with van der Waals surface area (Å²) in [6.45, 7) is 13.2. The second-order valence-electron chi connectivity index (χ2n) is 9.94. The van der Waals surface area contributed by atoms with Gasteiger partial charge in [-0.25, -0.2) is 9.59 Å². The molecule has 0 aromatic rings. The molecule has 0 bridgehead atoms. The van der Waals surface area contributed by atoms with E-state index in [1.165, 1.54) is 25.0 Å². The molecule has 0 aromatic heterocycles. The fourth-order valence-corrected chi connectivity index (χ4v) is 5.01. The minimum absolute atomic E-state index is 0.0542. The van der Waals surface area contributed by atoms with Crippen LogP contribution in [0.5, 0.6) is 0 Å². The molecule has 2 rings (SSSR count). The number of hydrogen-bond donors (Lipinski definition) is 0. The molecule has 2 saturated carbocycles. The van der Waals surface area contributed by atoms with Crippen molar-refractivity contribution in [2.24, 2.45) is 35.5 Å². The molecule has 2 aliphatic rings. The number of carbonyl (C=O) groups is 2. The molecule has 28 heavy (non-hydrogen) atoms. The van der Waals surface area contributed by atoms with Crippen LogP contribution < -0.4 is 0 Å². The first kappa shape index (κ1) is 23.0. The Labute approximate surface area is 171 Å². The molecule has 6 atom stereocenters. The van der Waals surface area contributed by atoms with Gasteiger partial charge in [0, 0.05) is 12.2 Å². The Kier molecular flexibility index (Phi) is 8.57. The zero-order chi connectivity index (χ0) is 20.8. The molecule has 0 N–H and O–H groups in total. The van der Waals surface area contributed by atoms with Crippen molar-refractivity contribution in [1.29, 1.82) is 0 Å². The normalized spacial score (nSPS) is 34.0. The average molecular weight is 393 g/mol. The minimum Gasteiger partial charge on any atom is -0.459 e. The van der Waals surface area contributed by atoms with E-state index in [1.807, 2.05) is 0 Å². The lowest BCUT2D eigenvalue weighted by Crippen LogP contribution is -2.36. The first-order valence-electron chi connectivity index (χ1n) is 11.3. The lowest BCUT2D eigenvalue weighted by molar-refractivity contribution is -0.152. The highest BCUT2D eigenvalue weighted by atomic mass is 16.5. The zero-order valence-corrected chi connectivity index (χ0v) is 18.6. The van der Waals surface area contributed by atoms with Crippen LogP contribution in [0.1, 0.15) is 80.1 Å². The van der Waals surface area contributed by atoms with Crippen LogP contribution in [0.15, 0.2) is 12.2 Å². The van der Waals surface area contributed by atoms with Crippen LogP contribution in [-0.2, 0) is 19.1 Å². The largest absolute Gasteiger partial charge is 0.459 e. The average Bonchev–Trinajstić information content (AvgIpc) is 2.59. The highest BCUT2D eigenvalue weighted by molar-refractivity contribution is 5.91. The molecule has 0 radical (unpaired) electrons. The molecule has 0 saturated heterocycles. The van der Waals surface area contributed by atoms with Gasteiger partial charge in [0.15, 0.2) is 0 Å². The Morgan fingerprint density at radius 1 is 0.714 bits per heavy atom. The molecule has 2 fully saturated rings. The number of esters is 2. The van der Waals surface area contributed by atoms with E-state index in [-0.39, 0.29) is 12.2 Å². The standard InChI is InChI=1S/C24H40O4/c1-15(2)19-9-7-17(5)13-21(19)27-23(25)11-12-24(26)28-22-14-18(6)8-10-20(22)16(3)4/h11-12,15-22H,7-10,13-14H2,1-6H3/b12-11+/t17-,18-,19+,20+,21-,22+/m1/s1. The fraction of sp³-hybridized carbons (Fsp3) is 0.833. The summed E-state index contributed by atoms with van der Waals surface area (Å²) in [5.74, 6) is 2.05. The van der Waals surface area contributed by atoms with Gasteiger partial charge in [-0.1, -0.05) is 54.4 Å². The third kappa shape index (κ3) is 6.63. The number of ether oxygens (including phenoxy) is 2. The topological polar surface area (TPSA) is 52.6 Å². The fourth-order valence-electron chi connectivity index (χ4n) is 5.01. The summed E-state index contributed by atoms with van der Waals surface area (Å²) in [5, 5.41) is 0. The van der Waals surface area contributed by atoms with E-state index in [1.54, 1.807) is 0 Å². The SMILES string of the molecule is CC(C)[C@@H]1CC[C@@H](C)C[C@@H]1OC(=O)/C=C/C(=O)O[C@@H]1C[C@H](C)CC[C@H]1C(C)C. The van der Waals surface area contributed by atoms with Crippen LogP contribution in [0.4, 0.5) is 0 Å². The Hall–Kier alpha value is -1.32. The van der Waals surface area contributed by atoms with Crippen LogP contribution in [0.3, 0.4) is 0 Å². The van der Waals surface area contributed by atoms with Crippen molar-refractivity contribution in [3.8, 4) is 0 Å². The first-order chi connectivity index (χ1) is 13.2. The van der Waals surface area contributed by atoms with Crippen LogP contribution in [-0.4, -0.2) is 24.1 Å². The molecule has 0 unspecified atom stereocenters. The Morgan fingerprint density at radius 3 is 1.39 bits per heavy atom. The predicted octanol–water partition coefficient (Wildman–Crippen LogP) is 5.55. The number of rotatable bonds is 6. The zero-order valence-electron chi connectivity index (χ0n) is 18.6. The van der Waals surface area contributed by atoms with Gasteiger partial charge in [-0.2, -0.15) is 0 Å². The summed E-state index contributed by atoms with van der Waals surface area (Å²) in [5.41, 5.74) is 0. The second kappa shape index (κ2) is 10.5.